The zero-order valence-corrected chi connectivity index (χ0v) is 11.2. The van der Waals surface area contributed by atoms with Crippen LogP contribution in [0.2, 0.25) is 0 Å². The van der Waals surface area contributed by atoms with Gasteiger partial charge in [0.15, 0.2) is 5.69 Å². The van der Waals surface area contributed by atoms with E-state index in [0.29, 0.717) is 18.2 Å². The predicted octanol–water partition coefficient (Wildman–Crippen LogP) is -0.308. The van der Waals surface area contributed by atoms with Gasteiger partial charge in [-0.1, -0.05) is 0 Å². The van der Waals surface area contributed by atoms with Crippen LogP contribution in [0.4, 0.5) is 0 Å². The topological polar surface area (TPSA) is 101 Å². The number of hydrogen-bond acceptors (Lipinski definition) is 6. The van der Waals surface area contributed by atoms with Crippen molar-refractivity contribution in [2.24, 2.45) is 5.92 Å². The first-order valence-electron chi connectivity index (χ1n) is 5.82. The second-order valence-electron chi connectivity index (χ2n) is 4.19. The van der Waals surface area contributed by atoms with Gasteiger partial charge in [-0.25, -0.2) is 9.78 Å². The molecule has 1 amide bonds. The number of carboxylic acids is 1. The van der Waals surface area contributed by atoms with Crippen molar-refractivity contribution in [1.82, 2.24) is 15.6 Å². The van der Waals surface area contributed by atoms with E-state index in [1.807, 2.05) is 0 Å². The highest BCUT2D eigenvalue weighted by Gasteiger charge is 2.32. The molecular weight excluding hydrogens is 270 g/mol. The largest absolute Gasteiger partial charge is 0.476 e. The summed E-state index contributed by atoms with van der Waals surface area (Å²) in [6.45, 7) is 1.16. The minimum absolute atomic E-state index is 0.00606. The molecule has 2 heterocycles. The molecule has 1 aromatic rings. The Balaban J connectivity index is 1.87. The van der Waals surface area contributed by atoms with E-state index >= 15 is 0 Å². The normalized spacial score (nSPS) is 22.4. The standard InChI is InChI=1S/C11H15N3O4S/c1-12-7-4-18-3-6(7)10(15)13-2-9-14-8(5-19-9)11(16)17/h5-7,12H,2-4H2,1H3,(H,13,15)(H,16,17). The lowest BCUT2D eigenvalue weighted by molar-refractivity contribution is -0.125. The third-order valence-electron chi connectivity index (χ3n) is 2.97. The van der Waals surface area contributed by atoms with Crippen LogP contribution in [0.1, 0.15) is 15.5 Å². The van der Waals surface area contributed by atoms with Crippen molar-refractivity contribution in [2.75, 3.05) is 20.3 Å². The molecule has 0 aromatic carbocycles. The maximum Gasteiger partial charge on any atom is 0.355 e. The number of nitrogens with zero attached hydrogens (tertiary/aromatic N) is 1. The summed E-state index contributed by atoms with van der Waals surface area (Å²) < 4.78 is 5.26. The number of aromatic nitrogens is 1. The molecule has 2 atom stereocenters. The van der Waals surface area contributed by atoms with Crippen molar-refractivity contribution in [2.45, 2.75) is 12.6 Å². The Bertz CT molecular complexity index is 476. The molecule has 2 unspecified atom stereocenters. The van der Waals surface area contributed by atoms with E-state index in [1.165, 1.54) is 16.7 Å². The molecular formula is C11H15N3O4S. The van der Waals surface area contributed by atoms with E-state index < -0.39 is 5.97 Å². The molecule has 1 aliphatic heterocycles. The molecule has 0 bridgehead atoms. The summed E-state index contributed by atoms with van der Waals surface area (Å²) >= 11 is 1.22. The van der Waals surface area contributed by atoms with E-state index in [0.717, 1.165) is 0 Å². The number of aromatic carboxylic acids is 1. The molecule has 2 rings (SSSR count). The predicted molar refractivity (Wildman–Crippen MR) is 68.1 cm³/mol. The molecule has 19 heavy (non-hydrogen) atoms. The zero-order chi connectivity index (χ0) is 13.8. The molecule has 8 heteroatoms. The lowest BCUT2D eigenvalue weighted by Crippen LogP contribution is -2.42. The molecule has 3 N–H and O–H groups in total. The van der Waals surface area contributed by atoms with Gasteiger partial charge in [-0.05, 0) is 7.05 Å². The van der Waals surface area contributed by atoms with Crippen molar-refractivity contribution >= 4 is 23.2 Å². The maximum atomic E-state index is 12.0. The smallest absolute Gasteiger partial charge is 0.355 e. The van der Waals surface area contributed by atoms with Crippen LogP contribution in [0.25, 0.3) is 0 Å². The number of ether oxygens (including phenoxy) is 1. The molecule has 1 aromatic heterocycles. The van der Waals surface area contributed by atoms with Gasteiger partial charge in [0.2, 0.25) is 5.91 Å². The van der Waals surface area contributed by atoms with Gasteiger partial charge >= 0.3 is 5.97 Å². The van der Waals surface area contributed by atoms with Gasteiger partial charge in [-0.2, -0.15) is 0 Å². The average Bonchev–Trinajstić information content (AvgIpc) is 3.04. The average molecular weight is 285 g/mol. The second-order valence-corrected chi connectivity index (χ2v) is 5.13. The van der Waals surface area contributed by atoms with Crippen LogP contribution in [-0.4, -0.2) is 48.3 Å². The fourth-order valence-electron chi connectivity index (χ4n) is 1.88. The monoisotopic (exact) mass is 285 g/mol. The third kappa shape index (κ3) is 3.28. The minimum atomic E-state index is -1.06. The summed E-state index contributed by atoms with van der Waals surface area (Å²) in [5, 5.41) is 16.6. The van der Waals surface area contributed by atoms with E-state index in [1.54, 1.807) is 7.05 Å². The molecule has 0 aliphatic carbocycles. The van der Waals surface area contributed by atoms with Crippen LogP contribution in [-0.2, 0) is 16.1 Å². The highest BCUT2D eigenvalue weighted by molar-refractivity contribution is 7.09. The number of amides is 1. The molecule has 0 spiro atoms. The van der Waals surface area contributed by atoms with Gasteiger partial charge in [0.25, 0.3) is 0 Å². The van der Waals surface area contributed by atoms with Gasteiger partial charge in [0, 0.05) is 11.4 Å². The lowest BCUT2D eigenvalue weighted by Gasteiger charge is -2.15. The molecule has 1 aliphatic rings. The van der Waals surface area contributed by atoms with Crippen molar-refractivity contribution in [3.63, 3.8) is 0 Å². The van der Waals surface area contributed by atoms with Crippen LogP contribution < -0.4 is 10.6 Å². The number of nitrogens with one attached hydrogen (secondary N) is 2. The summed E-state index contributed by atoms with van der Waals surface area (Å²) in [6, 6.07) is 0.0193. The highest BCUT2D eigenvalue weighted by atomic mass is 32.1. The van der Waals surface area contributed by atoms with Gasteiger partial charge in [-0.3, -0.25) is 4.79 Å². The Morgan fingerprint density at radius 2 is 2.37 bits per heavy atom. The molecule has 0 saturated carbocycles. The zero-order valence-electron chi connectivity index (χ0n) is 10.4. The van der Waals surface area contributed by atoms with Crippen LogP contribution >= 0.6 is 11.3 Å². The molecule has 0 radical (unpaired) electrons. The van der Waals surface area contributed by atoms with Crippen molar-refractivity contribution in [3.8, 4) is 0 Å². The molecule has 1 fully saturated rings. The van der Waals surface area contributed by atoms with Gasteiger partial charge in [0.05, 0.1) is 25.7 Å². The first kappa shape index (κ1) is 13.9. The van der Waals surface area contributed by atoms with Gasteiger partial charge in [-0.15, -0.1) is 11.3 Å². The van der Waals surface area contributed by atoms with Crippen molar-refractivity contribution < 1.29 is 19.4 Å². The first-order valence-corrected chi connectivity index (χ1v) is 6.70. The summed E-state index contributed by atoms with van der Waals surface area (Å²) in [7, 11) is 1.79. The number of carbonyl (C=O) groups excluding carboxylic acids is 1. The Kier molecular flexibility index (Phi) is 4.46. The first-order chi connectivity index (χ1) is 9.11. The fourth-order valence-corrected chi connectivity index (χ4v) is 2.59. The number of thiazole rings is 1. The van der Waals surface area contributed by atoms with E-state index in [9.17, 15) is 9.59 Å². The molecule has 104 valence electrons. The SMILES string of the molecule is CNC1COCC1C(=O)NCc1nc(C(=O)O)cs1. The third-order valence-corrected chi connectivity index (χ3v) is 3.82. The molecule has 7 nitrogen and oxygen atoms in total. The summed E-state index contributed by atoms with van der Waals surface area (Å²) in [4.78, 5) is 26.5. The fraction of sp³-hybridized carbons (Fsp3) is 0.545. The van der Waals surface area contributed by atoms with Crippen molar-refractivity contribution in [3.05, 3.63) is 16.1 Å². The van der Waals surface area contributed by atoms with Gasteiger partial charge in [0.1, 0.15) is 5.01 Å². The summed E-state index contributed by atoms with van der Waals surface area (Å²) in [5.41, 5.74) is 0.00606. The Morgan fingerprint density at radius 1 is 1.58 bits per heavy atom. The highest BCUT2D eigenvalue weighted by Crippen LogP contribution is 2.14. The lowest BCUT2D eigenvalue weighted by atomic mass is 10.0. The van der Waals surface area contributed by atoms with Crippen LogP contribution in [0.5, 0.6) is 0 Å². The van der Waals surface area contributed by atoms with Crippen LogP contribution in [0.3, 0.4) is 0 Å². The van der Waals surface area contributed by atoms with Crippen LogP contribution in [0, 0.1) is 5.92 Å². The Labute approximate surface area is 114 Å². The maximum absolute atomic E-state index is 12.0. The molecule has 1 saturated heterocycles. The number of likely N-dealkylation sites (N-methyl/N-ethyl adjacent to an activating group) is 1. The van der Waals surface area contributed by atoms with Crippen LogP contribution in [0.15, 0.2) is 5.38 Å². The van der Waals surface area contributed by atoms with E-state index in [4.69, 9.17) is 9.84 Å². The van der Waals surface area contributed by atoms with E-state index in [2.05, 4.69) is 15.6 Å². The Morgan fingerprint density at radius 3 is 3.00 bits per heavy atom. The quantitative estimate of drug-likeness (QED) is 0.686. The second kappa shape index (κ2) is 6.09. The number of rotatable bonds is 5. The summed E-state index contributed by atoms with van der Waals surface area (Å²) in [5.74, 6) is -1.39. The number of carbonyl (C=O) groups is 2. The van der Waals surface area contributed by atoms with Gasteiger partial charge < -0.3 is 20.5 Å². The van der Waals surface area contributed by atoms with E-state index in [-0.39, 0.29) is 30.1 Å². The van der Waals surface area contributed by atoms with Crippen molar-refractivity contribution in [1.29, 1.82) is 0 Å². The minimum Gasteiger partial charge on any atom is -0.476 e. The summed E-state index contributed by atoms with van der Waals surface area (Å²) in [6.07, 6.45) is 0. The number of carboxylic acid groups (broad SMARTS) is 1. The Hall–Kier alpha value is -1.51. The number of hydrogen-bond donors (Lipinski definition) is 3.